The van der Waals surface area contributed by atoms with Crippen molar-refractivity contribution in [3.8, 4) is 11.5 Å². The first-order chi connectivity index (χ1) is 16.3. The topological polar surface area (TPSA) is 38.8 Å². The molecule has 0 unspecified atom stereocenters. The Hall–Kier alpha value is -2.47. The van der Waals surface area contributed by atoms with Gasteiger partial charge in [0.05, 0.1) is 17.3 Å². The van der Waals surface area contributed by atoms with Crippen molar-refractivity contribution >= 4 is 62.4 Å². The van der Waals surface area contributed by atoms with Crippen molar-refractivity contribution in [3.05, 3.63) is 85.8 Å². The van der Waals surface area contributed by atoms with Gasteiger partial charge in [0, 0.05) is 33.3 Å². The molecule has 1 heterocycles. The first-order valence-corrected chi connectivity index (χ1v) is 12.4. The third-order valence-corrected chi connectivity index (χ3v) is 6.63. The average molecular weight is 561 g/mol. The molecule has 176 valence electrons. The number of para-hydroxylation sites is 1. The molecule has 4 nitrogen and oxygen atoms in total. The molecule has 0 saturated heterocycles. The molecule has 0 radical (unpaired) electrons. The van der Waals surface area contributed by atoms with Crippen LogP contribution in [0.4, 0.5) is 5.69 Å². The number of hydrogen-bond donors (Lipinski definition) is 0. The van der Waals surface area contributed by atoms with Gasteiger partial charge in [0.25, 0.3) is 5.91 Å². The maximum Gasteiger partial charge on any atom is 0.259 e. The lowest BCUT2D eigenvalue weighted by atomic mass is 10.0. The first kappa shape index (κ1) is 24.6. The highest BCUT2D eigenvalue weighted by Crippen LogP contribution is 2.41. The minimum atomic E-state index is 0.00250. The molecule has 0 aliphatic carbocycles. The number of amides is 1. The Morgan fingerprint density at radius 3 is 2.56 bits per heavy atom. The summed E-state index contributed by atoms with van der Waals surface area (Å²) in [5, 5.41) is 1.10. The number of halogens is 3. The molecule has 0 atom stereocenters. The van der Waals surface area contributed by atoms with E-state index in [2.05, 4.69) is 29.8 Å². The second-order valence-corrected chi connectivity index (χ2v) is 10.1. The summed E-state index contributed by atoms with van der Waals surface area (Å²) < 4.78 is 12.3. The number of ether oxygens (including phenoxy) is 2. The molecule has 1 aliphatic heterocycles. The normalized spacial score (nSPS) is 14.1. The zero-order chi connectivity index (χ0) is 24.4. The Morgan fingerprint density at radius 1 is 1.09 bits per heavy atom. The maximum absolute atomic E-state index is 13.3. The maximum atomic E-state index is 13.3. The molecule has 3 aromatic rings. The van der Waals surface area contributed by atoms with Gasteiger partial charge in [-0.15, -0.1) is 0 Å². The summed E-state index contributed by atoms with van der Waals surface area (Å²) in [6, 6.07) is 16.9. The molecule has 0 spiro atoms. The van der Waals surface area contributed by atoms with Crippen LogP contribution < -0.4 is 14.4 Å². The molecule has 1 aliphatic rings. The van der Waals surface area contributed by atoms with Gasteiger partial charge in [0.2, 0.25) is 0 Å². The predicted molar refractivity (Wildman–Crippen MR) is 143 cm³/mol. The van der Waals surface area contributed by atoms with Crippen molar-refractivity contribution in [3.63, 3.8) is 0 Å². The largest absolute Gasteiger partial charge is 0.493 e. The molecule has 7 heteroatoms. The molecule has 0 N–H and O–H groups in total. The minimum absolute atomic E-state index is 0.00250. The molecular formula is C27H24BrCl2NO3. The van der Waals surface area contributed by atoms with Crippen LogP contribution >= 0.6 is 39.1 Å². The quantitative estimate of drug-likeness (QED) is 0.276. The van der Waals surface area contributed by atoms with Gasteiger partial charge in [0.15, 0.2) is 11.5 Å². The number of methoxy groups -OCH3 is 1. The molecular weight excluding hydrogens is 537 g/mol. The molecule has 0 saturated carbocycles. The fourth-order valence-corrected chi connectivity index (χ4v) is 4.95. The van der Waals surface area contributed by atoms with Gasteiger partial charge >= 0.3 is 0 Å². The van der Waals surface area contributed by atoms with Gasteiger partial charge in [-0.2, -0.15) is 0 Å². The van der Waals surface area contributed by atoms with E-state index >= 15 is 0 Å². The van der Waals surface area contributed by atoms with Crippen LogP contribution in [0.3, 0.4) is 0 Å². The van der Waals surface area contributed by atoms with Gasteiger partial charge < -0.3 is 14.4 Å². The van der Waals surface area contributed by atoms with Gasteiger partial charge in [-0.05, 0) is 63.8 Å². The second kappa shape index (κ2) is 10.4. The number of carbonyl (C=O) groups is 1. The van der Waals surface area contributed by atoms with Crippen molar-refractivity contribution < 1.29 is 14.3 Å². The molecule has 4 rings (SSSR count). The Balaban J connectivity index is 1.65. The highest BCUT2D eigenvalue weighted by Gasteiger charge is 2.32. The highest BCUT2D eigenvalue weighted by molar-refractivity contribution is 9.10. The zero-order valence-electron chi connectivity index (χ0n) is 19.1. The van der Waals surface area contributed by atoms with Crippen molar-refractivity contribution in [2.45, 2.75) is 20.5 Å². The highest BCUT2D eigenvalue weighted by atomic mass is 79.9. The van der Waals surface area contributed by atoms with E-state index in [0.717, 1.165) is 22.4 Å². The van der Waals surface area contributed by atoms with Gasteiger partial charge in [-0.25, -0.2) is 0 Å². The predicted octanol–water partition coefficient (Wildman–Crippen LogP) is 7.89. The first-order valence-electron chi connectivity index (χ1n) is 10.9. The molecule has 0 aromatic heterocycles. The summed E-state index contributed by atoms with van der Waals surface area (Å²) in [6.45, 7) is 5.13. The van der Waals surface area contributed by atoms with E-state index in [1.54, 1.807) is 19.2 Å². The molecule has 1 amide bonds. The number of rotatable bonds is 7. The summed E-state index contributed by atoms with van der Waals surface area (Å²) in [5.41, 5.74) is 4.17. The monoisotopic (exact) mass is 559 g/mol. The van der Waals surface area contributed by atoms with Crippen LogP contribution in [0.5, 0.6) is 11.5 Å². The number of benzene rings is 3. The van der Waals surface area contributed by atoms with Gasteiger partial charge in [0.1, 0.15) is 6.61 Å². The number of fused-ring (bicyclic) bond motifs is 1. The van der Waals surface area contributed by atoms with E-state index in [-0.39, 0.29) is 12.5 Å². The van der Waals surface area contributed by atoms with E-state index in [4.69, 9.17) is 32.7 Å². The van der Waals surface area contributed by atoms with Crippen LogP contribution in [-0.2, 0) is 11.4 Å². The molecule has 0 fully saturated rings. The summed E-state index contributed by atoms with van der Waals surface area (Å²) >= 11 is 15.9. The van der Waals surface area contributed by atoms with E-state index in [9.17, 15) is 4.79 Å². The fraction of sp³-hybridized carbons (Fsp3) is 0.222. The second-order valence-electron chi connectivity index (χ2n) is 8.44. The lowest BCUT2D eigenvalue weighted by Gasteiger charge is -2.19. The van der Waals surface area contributed by atoms with Gasteiger partial charge in [-0.3, -0.25) is 4.79 Å². The lowest BCUT2D eigenvalue weighted by Crippen LogP contribution is -2.30. The van der Waals surface area contributed by atoms with Crippen molar-refractivity contribution in [1.82, 2.24) is 0 Å². The summed E-state index contributed by atoms with van der Waals surface area (Å²) in [6.07, 6.45) is 1.90. The Morgan fingerprint density at radius 2 is 1.85 bits per heavy atom. The molecule has 0 bridgehead atoms. The minimum Gasteiger partial charge on any atom is -0.493 e. The number of hydrogen-bond acceptors (Lipinski definition) is 3. The van der Waals surface area contributed by atoms with Crippen LogP contribution in [0.1, 0.15) is 30.5 Å². The van der Waals surface area contributed by atoms with E-state index < -0.39 is 0 Å². The van der Waals surface area contributed by atoms with Gasteiger partial charge in [-0.1, -0.05) is 61.3 Å². The third-order valence-electron chi connectivity index (χ3n) is 5.46. The zero-order valence-corrected chi connectivity index (χ0v) is 22.2. The van der Waals surface area contributed by atoms with Crippen LogP contribution in [-0.4, -0.2) is 19.6 Å². The molecule has 34 heavy (non-hydrogen) atoms. The van der Waals surface area contributed by atoms with E-state index in [1.165, 1.54) is 0 Å². The van der Waals surface area contributed by atoms with E-state index in [1.807, 2.05) is 53.4 Å². The summed E-state index contributed by atoms with van der Waals surface area (Å²) in [4.78, 5) is 15.1. The molecule has 3 aromatic carbocycles. The van der Waals surface area contributed by atoms with Crippen molar-refractivity contribution in [2.75, 3.05) is 18.6 Å². The Kier molecular flexibility index (Phi) is 7.56. The Labute approximate surface area is 218 Å². The van der Waals surface area contributed by atoms with Crippen LogP contribution in [0, 0.1) is 5.92 Å². The van der Waals surface area contributed by atoms with Crippen LogP contribution in [0.2, 0.25) is 10.0 Å². The average Bonchev–Trinajstić information content (AvgIpc) is 3.04. The number of anilines is 1. The van der Waals surface area contributed by atoms with Crippen LogP contribution in [0.15, 0.2) is 59.1 Å². The summed E-state index contributed by atoms with van der Waals surface area (Å²) in [7, 11) is 1.58. The number of nitrogens with zero attached hydrogens (tertiary/aromatic N) is 1. The van der Waals surface area contributed by atoms with Crippen molar-refractivity contribution in [2.24, 2.45) is 5.92 Å². The van der Waals surface area contributed by atoms with Crippen molar-refractivity contribution in [1.29, 1.82) is 0 Å². The SMILES string of the molecule is COc1cc(/C=C2\C(=O)N(CC(C)C)c3ccccc32)cc(Br)c1OCc1ccc(Cl)cc1Cl. The summed E-state index contributed by atoms with van der Waals surface area (Å²) in [5.74, 6) is 1.46. The number of carbonyl (C=O) groups excluding carboxylic acids is 1. The standard InChI is InChI=1S/C27H24BrCl2NO3/c1-16(2)14-31-24-7-5-4-6-20(24)21(27(31)32)10-17-11-22(28)26(25(12-17)33-3)34-15-18-8-9-19(29)13-23(18)30/h4-13,16H,14-15H2,1-3H3/b21-10-. The van der Waals surface area contributed by atoms with E-state index in [0.29, 0.717) is 44.1 Å². The smallest absolute Gasteiger partial charge is 0.259 e. The lowest BCUT2D eigenvalue weighted by molar-refractivity contribution is -0.113. The van der Waals surface area contributed by atoms with Crippen LogP contribution in [0.25, 0.3) is 11.6 Å². The fourth-order valence-electron chi connectivity index (χ4n) is 3.91. The Bertz CT molecular complexity index is 1270. The third kappa shape index (κ3) is 5.12.